The number of nitrogens with zero attached hydrogens (tertiary/aromatic N) is 1. The maximum Gasteiger partial charge on any atom is 0.437 e. The molecule has 3 aromatic rings. The Bertz CT molecular complexity index is 1100. The summed E-state index contributed by atoms with van der Waals surface area (Å²) >= 11 is 0. The van der Waals surface area contributed by atoms with Crippen LogP contribution in [0, 0.1) is 25.5 Å². The summed E-state index contributed by atoms with van der Waals surface area (Å²) < 4.78 is 71.7. The summed E-state index contributed by atoms with van der Waals surface area (Å²) in [6, 6.07) is 9.03. The highest BCUT2D eigenvalue weighted by Gasteiger charge is 2.37. The highest BCUT2D eigenvalue weighted by molar-refractivity contribution is 6.05. The molecule has 0 unspecified atom stereocenters. The van der Waals surface area contributed by atoms with Crippen molar-refractivity contribution in [3.63, 3.8) is 0 Å². The maximum absolute atomic E-state index is 14.3. The van der Waals surface area contributed by atoms with Gasteiger partial charge in [-0.05, 0) is 49.2 Å². The molecule has 0 saturated heterocycles. The number of pyridine rings is 1. The van der Waals surface area contributed by atoms with E-state index in [9.17, 15) is 26.7 Å². The van der Waals surface area contributed by atoms with E-state index in [0.717, 1.165) is 0 Å². The molecule has 0 atom stereocenters. The second-order valence-corrected chi connectivity index (χ2v) is 6.47. The molecule has 0 aliphatic heterocycles. The summed E-state index contributed by atoms with van der Waals surface area (Å²) in [6.45, 7) is 3.13. The molecule has 1 N–H and O–H groups in total. The highest BCUT2D eigenvalue weighted by atomic mass is 19.4. The van der Waals surface area contributed by atoms with Crippen LogP contribution < -0.4 is 10.1 Å². The Morgan fingerprint density at radius 1 is 1.00 bits per heavy atom. The fraction of sp³-hybridized carbons (Fsp3) is 0.143. The van der Waals surface area contributed by atoms with Gasteiger partial charge in [0.15, 0.2) is 11.4 Å². The summed E-state index contributed by atoms with van der Waals surface area (Å²) in [6.07, 6.45) is -4.38. The molecule has 0 fully saturated rings. The number of rotatable bonds is 4. The first-order valence-electron chi connectivity index (χ1n) is 8.64. The van der Waals surface area contributed by atoms with Gasteiger partial charge in [-0.1, -0.05) is 12.1 Å². The Morgan fingerprint density at radius 3 is 2.27 bits per heavy atom. The molecule has 0 aliphatic rings. The van der Waals surface area contributed by atoms with E-state index in [-0.39, 0.29) is 17.0 Å². The summed E-state index contributed by atoms with van der Waals surface area (Å²) in [5, 5.41) is 2.52. The van der Waals surface area contributed by atoms with Crippen molar-refractivity contribution in [1.29, 1.82) is 0 Å². The topological polar surface area (TPSA) is 51.2 Å². The Hall–Kier alpha value is -3.49. The van der Waals surface area contributed by atoms with Crippen LogP contribution in [0.3, 0.4) is 0 Å². The SMILES string of the molecule is Cc1ccc(C)c(C(=O)Nc2ccc(Oc3cc(F)cnc3C(F)(F)F)cc2)c1F. The van der Waals surface area contributed by atoms with E-state index >= 15 is 0 Å². The molecule has 2 aromatic carbocycles. The minimum atomic E-state index is -4.83. The molecule has 1 aromatic heterocycles. The molecule has 0 bridgehead atoms. The van der Waals surface area contributed by atoms with Crippen LogP contribution in [0.25, 0.3) is 0 Å². The van der Waals surface area contributed by atoms with E-state index in [2.05, 4.69) is 10.3 Å². The monoisotopic (exact) mass is 422 g/mol. The third-order valence-corrected chi connectivity index (χ3v) is 4.20. The van der Waals surface area contributed by atoms with Crippen LogP contribution in [-0.2, 0) is 6.18 Å². The number of ether oxygens (including phenoxy) is 1. The summed E-state index contributed by atoms with van der Waals surface area (Å²) in [5.41, 5.74) is -0.434. The summed E-state index contributed by atoms with van der Waals surface area (Å²) in [5.74, 6) is -3.13. The van der Waals surface area contributed by atoms with Crippen LogP contribution in [0.4, 0.5) is 27.6 Å². The first-order valence-corrected chi connectivity index (χ1v) is 8.64. The van der Waals surface area contributed by atoms with Crippen molar-refractivity contribution in [3.05, 3.63) is 82.7 Å². The molecular formula is C21H15F5N2O2. The minimum Gasteiger partial charge on any atom is -0.455 e. The lowest BCUT2D eigenvalue weighted by Gasteiger charge is -2.13. The van der Waals surface area contributed by atoms with E-state index in [0.29, 0.717) is 23.4 Å². The quantitative estimate of drug-likeness (QED) is 0.522. The molecule has 3 rings (SSSR count). The van der Waals surface area contributed by atoms with Gasteiger partial charge in [-0.3, -0.25) is 4.79 Å². The van der Waals surface area contributed by atoms with E-state index in [1.54, 1.807) is 19.1 Å². The summed E-state index contributed by atoms with van der Waals surface area (Å²) in [7, 11) is 0. The zero-order valence-electron chi connectivity index (χ0n) is 15.8. The van der Waals surface area contributed by atoms with E-state index < -0.39 is 35.2 Å². The first-order chi connectivity index (χ1) is 14.1. The molecule has 1 heterocycles. The summed E-state index contributed by atoms with van der Waals surface area (Å²) in [4.78, 5) is 15.5. The van der Waals surface area contributed by atoms with Gasteiger partial charge in [-0.15, -0.1) is 0 Å². The lowest BCUT2D eigenvalue weighted by Crippen LogP contribution is -2.16. The van der Waals surface area contributed by atoms with Crippen molar-refractivity contribution >= 4 is 11.6 Å². The zero-order valence-corrected chi connectivity index (χ0v) is 15.8. The maximum atomic E-state index is 14.3. The Kier molecular flexibility index (Phi) is 5.73. The van der Waals surface area contributed by atoms with Gasteiger partial charge in [0, 0.05) is 11.8 Å². The number of nitrogens with one attached hydrogen (secondary N) is 1. The van der Waals surface area contributed by atoms with Crippen molar-refractivity contribution < 1.29 is 31.5 Å². The van der Waals surface area contributed by atoms with Gasteiger partial charge >= 0.3 is 6.18 Å². The Balaban J connectivity index is 1.79. The van der Waals surface area contributed by atoms with Gasteiger partial charge in [-0.25, -0.2) is 13.8 Å². The van der Waals surface area contributed by atoms with Crippen molar-refractivity contribution in [1.82, 2.24) is 4.98 Å². The van der Waals surface area contributed by atoms with E-state index in [1.807, 2.05) is 0 Å². The number of aryl methyl sites for hydroxylation is 2. The van der Waals surface area contributed by atoms with Gasteiger partial charge in [0.05, 0.1) is 11.8 Å². The first kappa shape index (κ1) is 21.2. The van der Waals surface area contributed by atoms with Crippen molar-refractivity contribution in [2.75, 3.05) is 5.32 Å². The molecule has 0 saturated carbocycles. The number of anilines is 1. The molecule has 1 amide bonds. The largest absolute Gasteiger partial charge is 0.455 e. The molecular weight excluding hydrogens is 407 g/mol. The predicted molar refractivity (Wildman–Crippen MR) is 99.5 cm³/mol. The van der Waals surface area contributed by atoms with Crippen molar-refractivity contribution in [2.45, 2.75) is 20.0 Å². The zero-order chi connectivity index (χ0) is 22.1. The second kappa shape index (κ2) is 8.10. The number of aromatic nitrogens is 1. The molecule has 0 spiro atoms. The third-order valence-electron chi connectivity index (χ3n) is 4.20. The lowest BCUT2D eigenvalue weighted by atomic mass is 10.0. The standard InChI is InChI=1S/C21H15F5N2O2/c1-11-3-4-12(2)18(23)17(11)20(29)28-14-5-7-15(8-6-14)30-16-9-13(22)10-27-19(16)21(24,25)26/h3-10H,1-2H3,(H,28,29). The smallest absolute Gasteiger partial charge is 0.437 e. The number of alkyl halides is 3. The molecule has 30 heavy (non-hydrogen) atoms. The van der Waals surface area contributed by atoms with Crippen LogP contribution in [-0.4, -0.2) is 10.9 Å². The Morgan fingerprint density at radius 2 is 1.63 bits per heavy atom. The van der Waals surface area contributed by atoms with Crippen LogP contribution >= 0.6 is 0 Å². The molecule has 0 radical (unpaired) electrons. The minimum absolute atomic E-state index is 0.0381. The molecule has 9 heteroatoms. The van der Waals surface area contributed by atoms with Gasteiger partial charge in [0.25, 0.3) is 5.91 Å². The molecule has 0 aliphatic carbocycles. The fourth-order valence-corrected chi connectivity index (χ4v) is 2.69. The number of hydrogen-bond donors (Lipinski definition) is 1. The normalized spacial score (nSPS) is 11.3. The van der Waals surface area contributed by atoms with Crippen LogP contribution in [0.15, 0.2) is 48.7 Å². The van der Waals surface area contributed by atoms with Crippen LogP contribution in [0.1, 0.15) is 27.2 Å². The number of amides is 1. The number of halogens is 5. The molecule has 156 valence electrons. The fourth-order valence-electron chi connectivity index (χ4n) is 2.69. The van der Waals surface area contributed by atoms with Gasteiger partial charge in [0.1, 0.15) is 17.4 Å². The third kappa shape index (κ3) is 4.56. The van der Waals surface area contributed by atoms with Crippen molar-refractivity contribution in [2.24, 2.45) is 0 Å². The lowest BCUT2D eigenvalue weighted by molar-refractivity contribution is -0.142. The highest BCUT2D eigenvalue weighted by Crippen LogP contribution is 2.37. The average Bonchev–Trinajstić information content (AvgIpc) is 2.66. The van der Waals surface area contributed by atoms with Gasteiger partial charge in [0.2, 0.25) is 0 Å². The average molecular weight is 422 g/mol. The number of carbonyl (C=O) groups excluding carboxylic acids is 1. The number of carbonyl (C=O) groups is 1. The number of benzene rings is 2. The predicted octanol–water partition coefficient (Wildman–Crippen LogP) is 6.04. The van der Waals surface area contributed by atoms with Gasteiger partial charge < -0.3 is 10.1 Å². The second-order valence-electron chi connectivity index (χ2n) is 6.47. The number of hydrogen-bond acceptors (Lipinski definition) is 3. The van der Waals surface area contributed by atoms with Gasteiger partial charge in [-0.2, -0.15) is 13.2 Å². The van der Waals surface area contributed by atoms with Crippen LogP contribution in [0.2, 0.25) is 0 Å². The van der Waals surface area contributed by atoms with Crippen molar-refractivity contribution in [3.8, 4) is 11.5 Å². The van der Waals surface area contributed by atoms with E-state index in [1.165, 1.54) is 31.2 Å². The molecule has 4 nitrogen and oxygen atoms in total. The van der Waals surface area contributed by atoms with E-state index in [4.69, 9.17) is 4.74 Å². The van der Waals surface area contributed by atoms with Crippen LogP contribution in [0.5, 0.6) is 11.5 Å². The Labute approximate surface area is 168 Å².